The highest BCUT2D eigenvalue weighted by Gasteiger charge is 2.27. The molecule has 0 aromatic heterocycles. The summed E-state index contributed by atoms with van der Waals surface area (Å²) in [6.07, 6.45) is 2.73. The zero-order chi connectivity index (χ0) is 13.8. The third kappa shape index (κ3) is 3.95. The molecule has 2 N–H and O–H groups in total. The molecule has 1 aliphatic rings. The van der Waals surface area contributed by atoms with Gasteiger partial charge in [0.2, 0.25) is 0 Å². The van der Waals surface area contributed by atoms with Crippen LogP contribution in [0.4, 0.5) is 0 Å². The number of aryl methyl sites for hydroxylation is 1. The van der Waals surface area contributed by atoms with Gasteiger partial charge in [0.15, 0.2) is 0 Å². The molecule has 0 heterocycles. The number of rotatable bonds is 7. The highest BCUT2D eigenvalue weighted by atomic mass is 16.3. The van der Waals surface area contributed by atoms with Gasteiger partial charge in [-0.15, -0.1) is 0 Å². The van der Waals surface area contributed by atoms with E-state index in [4.69, 9.17) is 0 Å². The first-order valence-corrected chi connectivity index (χ1v) is 7.38. The highest BCUT2D eigenvalue weighted by molar-refractivity contribution is 5.37. The molecule has 0 bridgehead atoms. The molecule has 2 rings (SSSR count). The van der Waals surface area contributed by atoms with Crippen LogP contribution in [0.15, 0.2) is 18.2 Å². The second kappa shape index (κ2) is 6.40. The smallest absolute Gasteiger partial charge is 0.120 e. The van der Waals surface area contributed by atoms with E-state index >= 15 is 0 Å². The Kier molecular flexibility index (Phi) is 4.83. The Morgan fingerprint density at radius 1 is 1.42 bits per heavy atom. The Morgan fingerprint density at radius 3 is 2.79 bits per heavy atom. The summed E-state index contributed by atoms with van der Waals surface area (Å²) < 4.78 is 0. The van der Waals surface area contributed by atoms with Crippen molar-refractivity contribution in [1.29, 1.82) is 0 Å². The molecule has 1 aromatic rings. The van der Waals surface area contributed by atoms with E-state index < -0.39 is 0 Å². The highest BCUT2D eigenvalue weighted by Crippen LogP contribution is 2.27. The number of nitrogens with zero attached hydrogens (tertiary/aromatic N) is 1. The number of nitrogens with one attached hydrogen (secondary N) is 1. The van der Waals surface area contributed by atoms with E-state index in [2.05, 4.69) is 37.1 Å². The van der Waals surface area contributed by atoms with E-state index in [0.29, 0.717) is 5.75 Å². The maximum atomic E-state index is 9.91. The molecule has 0 amide bonds. The Morgan fingerprint density at radius 2 is 2.16 bits per heavy atom. The lowest BCUT2D eigenvalue weighted by Gasteiger charge is -2.22. The summed E-state index contributed by atoms with van der Waals surface area (Å²) in [5.41, 5.74) is 2.18. The van der Waals surface area contributed by atoms with Crippen LogP contribution in [0.3, 0.4) is 0 Å². The standard InChI is InChI=1S/C16H26N2O/c1-4-18(14-6-7-14)10-9-17-13(3)15-11-12(2)5-8-16(15)19/h5,8,11,13-14,17,19H,4,6-7,9-10H2,1-3H3. The number of phenolic OH excluding ortho intramolecular Hbond substituents is 1. The molecule has 3 heteroatoms. The number of benzene rings is 1. The molecular formula is C16H26N2O. The van der Waals surface area contributed by atoms with Gasteiger partial charge in [0, 0.05) is 30.7 Å². The SMILES string of the molecule is CCN(CCNC(C)c1cc(C)ccc1O)C1CC1. The molecular weight excluding hydrogens is 236 g/mol. The van der Waals surface area contributed by atoms with Gasteiger partial charge >= 0.3 is 0 Å². The van der Waals surface area contributed by atoms with Gasteiger partial charge in [-0.25, -0.2) is 0 Å². The number of phenols is 1. The van der Waals surface area contributed by atoms with Crippen molar-refractivity contribution in [2.24, 2.45) is 0 Å². The van der Waals surface area contributed by atoms with Crippen LogP contribution >= 0.6 is 0 Å². The summed E-state index contributed by atoms with van der Waals surface area (Å²) in [5.74, 6) is 0.389. The minimum absolute atomic E-state index is 0.192. The van der Waals surface area contributed by atoms with Crippen LogP contribution in [-0.4, -0.2) is 35.7 Å². The van der Waals surface area contributed by atoms with E-state index in [-0.39, 0.29) is 6.04 Å². The van der Waals surface area contributed by atoms with Crippen molar-refractivity contribution in [3.63, 3.8) is 0 Å². The van der Waals surface area contributed by atoms with Gasteiger partial charge in [0.05, 0.1) is 0 Å². The normalized spacial score (nSPS) is 16.8. The lowest BCUT2D eigenvalue weighted by Crippen LogP contribution is -2.34. The zero-order valence-corrected chi connectivity index (χ0v) is 12.3. The van der Waals surface area contributed by atoms with Crippen molar-refractivity contribution in [1.82, 2.24) is 10.2 Å². The summed E-state index contributed by atoms with van der Waals surface area (Å²) >= 11 is 0. The fourth-order valence-electron chi connectivity index (χ4n) is 2.59. The van der Waals surface area contributed by atoms with Gasteiger partial charge in [-0.2, -0.15) is 0 Å². The second-order valence-corrected chi connectivity index (χ2v) is 5.60. The Labute approximate surface area is 116 Å². The van der Waals surface area contributed by atoms with E-state index in [1.54, 1.807) is 6.07 Å². The first-order valence-electron chi connectivity index (χ1n) is 7.38. The molecule has 1 aromatic carbocycles. The quantitative estimate of drug-likeness (QED) is 0.793. The van der Waals surface area contributed by atoms with Gasteiger partial charge in [-0.05, 0) is 39.3 Å². The number of hydrogen-bond acceptors (Lipinski definition) is 3. The van der Waals surface area contributed by atoms with Crippen molar-refractivity contribution in [3.8, 4) is 5.75 Å². The van der Waals surface area contributed by atoms with Gasteiger partial charge in [0.25, 0.3) is 0 Å². The predicted octanol–water partition coefficient (Wildman–Crippen LogP) is 2.84. The van der Waals surface area contributed by atoms with Gasteiger partial charge in [-0.3, -0.25) is 4.90 Å². The maximum Gasteiger partial charge on any atom is 0.120 e. The molecule has 1 fully saturated rings. The Hall–Kier alpha value is -1.06. The van der Waals surface area contributed by atoms with E-state index in [1.165, 1.54) is 18.4 Å². The van der Waals surface area contributed by atoms with Crippen molar-refractivity contribution in [2.45, 2.75) is 45.7 Å². The fraction of sp³-hybridized carbons (Fsp3) is 0.625. The molecule has 19 heavy (non-hydrogen) atoms. The molecule has 0 spiro atoms. The van der Waals surface area contributed by atoms with Crippen LogP contribution in [0.25, 0.3) is 0 Å². The summed E-state index contributed by atoms with van der Waals surface area (Å²) in [6, 6.07) is 6.81. The molecule has 1 aliphatic carbocycles. The van der Waals surface area contributed by atoms with Gasteiger partial charge in [-0.1, -0.05) is 24.6 Å². The van der Waals surface area contributed by atoms with Crippen LogP contribution in [-0.2, 0) is 0 Å². The monoisotopic (exact) mass is 262 g/mol. The van der Waals surface area contributed by atoms with Crippen molar-refractivity contribution >= 4 is 0 Å². The predicted molar refractivity (Wildman–Crippen MR) is 79.5 cm³/mol. The molecule has 0 aliphatic heterocycles. The van der Waals surface area contributed by atoms with Gasteiger partial charge in [0.1, 0.15) is 5.75 Å². The van der Waals surface area contributed by atoms with Crippen molar-refractivity contribution in [2.75, 3.05) is 19.6 Å². The lowest BCUT2D eigenvalue weighted by atomic mass is 10.0. The summed E-state index contributed by atoms with van der Waals surface area (Å²) in [6.45, 7) is 9.60. The minimum atomic E-state index is 0.192. The summed E-state index contributed by atoms with van der Waals surface area (Å²) in [4.78, 5) is 2.54. The molecule has 1 saturated carbocycles. The zero-order valence-electron chi connectivity index (χ0n) is 12.3. The Bertz CT molecular complexity index is 415. The first kappa shape index (κ1) is 14.4. The van der Waals surface area contributed by atoms with E-state index in [1.807, 2.05) is 6.07 Å². The third-order valence-corrected chi connectivity index (χ3v) is 3.97. The number of aromatic hydroxyl groups is 1. The average molecular weight is 262 g/mol. The lowest BCUT2D eigenvalue weighted by molar-refractivity contribution is 0.273. The minimum Gasteiger partial charge on any atom is -0.508 e. The molecule has 1 atom stereocenters. The Balaban J connectivity index is 1.83. The molecule has 1 unspecified atom stereocenters. The van der Waals surface area contributed by atoms with Crippen LogP contribution in [0, 0.1) is 6.92 Å². The number of likely N-dealkylation sites (N-methyl/N-ethyl adjacent to an activating group) is 1. The van der Waals surface area contributed by atoms with Crippen molar-refractivity contribution < 1.29 is 5.11 Å². The fourth-order valence-corrected chi connectivity index (χ4v) is 2.59. The van der Waals surface area contributed by atoms with E-state index in [0.717, 1.165) is 31.2 Å². The number of hydrogen-bond donors (Lipinski definition) is 2. The molecule has 0 saturated heterocycles. The van der Waals surface area contributed by atoms with E-state index in [9.17, 15) is 5.11 Å². The second-order valence-electron chi connectivity index (χ2n) is 5.60. The van der Waals surface area contributed by atoms with Crippen molar-refractivity contribution in [3.05, 3.63) is 29.3 Å². The maximum absolute atomic E-state index is 9.91. The topological polar surface area (TPSA) is 35.5 Å². The summed E-state index contributed by atoms with van der Waals surface area (Å²) in [7, 11) is 0. The molecule has 0 radical (unpaired) electrons. The van der Waals surface area contributed by atoms with Crippen LogP contribution in [0.1, 0.15) is 43.9 Å². The largest absolute Gasteiger partial charge is 0.508 e. The van der Waals surface area contributed by atoms with Crippen LogP contribution in [0.2, 0.25) is 0 Å². The summed E-state index contributed by atoms with van der Waals surface area (Å²) in [5, 5.41) is 13.4. The molecule has 106 valence electrons. The van der Waals surface area contributed by atoms with Crippen LogP contribution in [0.5, 0.6) is 5.75 Å². The first-order chi connectivity index (χ1) is 9.11. The van der Waals surface area contributed by atoms with Crippen LogP contribution < -0.4 is 5.32 Å². The average Bonchev–Trinajstić information content (AvgIpc) is 3.21. The van der Waals surface area contributed by atoms with Gasteiger partial charge < -0.3 is 10.4 Å². The third-order valence-electron chi connectivity index (χ3n) is 3.97. The molecule has 3 nitrogen and oxygen atoms in total.